The molecule has 2 aromatic heterocycles. The number of aromatic amines is 2. The molecule has 0 bridgehead atoms. The Bertz CT molecular complexity index is 1940. The number of carbonyl (C=O) groups is 3. The third kappa shape index (κ3) is 7.99. The van der Waals surface area contributed by atoms with Crippen molar-refractivity contribution in [2.75, 3.05) is 20.8 Å². The second-order valence-corrected chi connectivity index (χ2v) is 14.9. The number of imidazole rings is 2. The first-order chi connectivity index (χ1) is 25.9. The Balaban J connectivity index is 1.11. The summed E-state index contributed by atoms with van der Waals surface area (Å²) in [5.41, 5.74) is 5.27. The number of benzene rings is 2. The number of methoxy groups -OCH3 is 2. The molecule has 3 heterocycles. The van der Waals surface area contributed by atoms with E-state index in [1.807, 2.05) is 38.8 Å². The lowest BCUT2D eigenvalue weighted by atomic mass is 9.75. The second kappa shape index (κ2) is 16.2. The summed E-state index contributed by atoms with van der Waals surface area (Å²) in [6.07, 6.45) is 7.23. The number of rotatable bonds is 14. The summed E-state index contributed by atoms with van der Waals surface area (Å²) < 4.78 is 9.92. The van der Waals surface area contributed by atoms with Crippen molar-refractivity contribution in [3.8, 4) is 33.6 Å². The first kappa shape index (κ1) is 38.1. The molecule has 286 valence electrons. The zero-order valence-electron chi connectivity index (χ0n) is 32.0. The van der Waals surface area contributed by atoms with Gasteiger partial charge in [0.25, 0.3) is 0 Å². The molecule has 3 atom stereocenters. The average Bonchev–Trinajstić information content (AvgIpc) is 3.95. The van der Waals surface area contributed by atoms with Crippen molar-refractivity contribution in [1.82, 2.24) is 40.8 Å². The van der Waals surface area contributed by atoms with Gasteiger partial charge in [0.2, 0.25) is 11.8 Å². The van der Waals surface area contributed by atoms with Crippen molar-refractivity contribution in [2.45, 2.75) is 83.5 Å². The van der Waals surface area contributed by atoms with Crippen LogP contribution in [-0.4, -0.2) is 75.6 Å². The summed E-state index contributed by atoms with van der Waals surface area (Å²) in [4.78, 5) is 57.0. The van der Waals surface area contributed by atoms with E-state index < -0.39 is 23.7 Å². The maximum Gasteiger partial charge on any atom is 0.407 e. The molecule has 1 saturated heterocycles. The summed E-state index contributed by atoms with van der Waals surface area (Å²) in [5, 5.41) is 8.96. The highest BCUT2D eigenvalue weighted by Crippen LogP contribution is 2.41. The van der Waals surface area contributed by atoms with Gasteiger partial charge >= 0.3 is 6.09 Å². The van der Waals surface area contributed by atoms with E-state index in [0.717, 1.165) is 71.6 Å². The largest absolute Gasteiger partial charge is 0.483 e. The molecule has 0 unspecified atom stereocenters. The molecule has 6 rings (SSSR count). The van der Waals surface area contributed by atoms with Gasteiger partial charge in [0.15, 0.2) is 5.88 Å². The van der Waals surface area contributed by atoms with Crippen LogP contribution in [0.1, 0.15) is 77.5 Å². The van der Waals surface area contributed by atoms with E-state index >= 15 is 0 Å². The molecule has 54 heavy (non-hydrogen) atoms. The minimum absolute atomic E-state index is 0.0180. The van der Waals surface area contributed by atoms with Crippen LogP contribution in [0.3, 0.4) is 0 Å². The smallest absolute Gasteiger partial charge is 0.407 e. The van der Waals surface area contributed by atoms with Crippen LogP contribution >= 0.6 is 0 Å². The molecule has 4 aromatic rings. The molecule has 1 aliphatic carbocycles. The number of likely N-dealkylation sites (tertiary alicyclic amines) is 1. The van der Waals surface area contributed by atoms with E-state index in [2.05, 4.69) is 86.0 Å². The lowest BCUT2D eigenvalue weighted by Gasteiger charge is -2.42. The van der Waals surface area contributed by atoms with E-state index in [4.69, 9.17) is 14.5 Å². The summed E-state index contributed by atoms with van der Waals surface area (Å²) in [7, 11) is 2.82. The van der Waals surface area contributed by atoms with Crippen LogP contribution in [0.5, 0.6) is 0 Å². The molecule has 5 N–H and O–H groups in total. The Morgan fingerprint density at radius 2 is 1.37 bits per heavy atom. The highest BCUT2D eigenvalue weighted by atomic mass is 16.5. The molecule has 1 aliphatic heterocycles. The number of hydrogen-bond donors (Lipinski definition) is 5. The minimum atomic E-state index is -0.725. The predicted molar refractivity (Wildman–Crippen MR) is 206 cm³/mol. The van der Waals surface area contributed by atoms with Gasteiger partial charge in [-0.3, -0.25) is 9.59 Å². The molecular weight excluding hydrogens is 685 g/mol. The number of alkyl carbamates (subject to hydrolysis) is 1. The number of amides is 3. The van der Waals surface area contributed by atoms with Crippen molar-refractivity contribution in [2.24, 2.45) is 11.8 Å². The van der Waals surface area contributed by atoms with Gasteiger partial charge in [0.05, 0.1) is 49.6 Å². The summed E-state index contributed by atoms with van der Waals surface area (Å²) in [5.74, 6) is 1.55. The zero-order valence-corrected chi connectivity index (χ0v) is 32.0. The Hall–Kier alpha value is -5.59. The number of aromatic nitrogens is 4. The first-order valence-corrected chi connectivity index (χ1v) is 18.7. The molecule has 13 heteroatoms. The third-order valence-corrected chi connectivity index (χ3v) is 10.7. The second-order valence-electron chi connectivity index (χ2n) is 14.9. The molecule has 13 nitrogen and oxygen atoms in total. The van der Waals surface area contributed by atoms with Crippen molar-refractivity contribution in [3.63, 3.8) is 0 Å². The Kier molecular flexibility index (Phi) is 11.4. The van der Waals surface area contributed by atoms with Crippen molar-refractivity contribution in [3.05, 3.63) is 85.0 Å². The van der Waals surface area contributed by atoms with Gasteiger partial charge in [0.1, 0.15) is 23.7 Å². The zero-order chi connectivity index (χ0) is 38.6. The molecule has 2 aromatic carbocycles. The van der Waals surface area contributed by atoms with Crippen LogP contribution < -0.4 is 16.0 Å². The minimum Gasteiger partial charge on any atom is -0.483 e. The van der Waals surface area contributed by atoms with Gasteiger partial charge < -0.3 is 40.3 Å². The summed E-state index contributed by atoms with van der Waals surface area (Å²) >= 11 is 0. The number of H-pyrrole nitrogens is 2. The van der Waals surface area contributed by atoms with Gasteiger partial charge in [-0.2, -0.15) is 0 Å². The maximum atomic E-state index is 13.6. The highest BCUT2D eigenvalue weighted by Gasteiger charge is 2.44. The Morgan fingerprint density at radius 1 is 0.796 bits per heavy atom. The molecular formula is C41H52N8O5. The van der Waals surface area contributed by atoms with Crippen LogP contribution in [0, 0.1) is 11.8 Å². The van der Waals surface area contributed by atoms with Gasteiger partial charge in [-0.15, -0.1) is 0 Å². The molecule has 1 saturated carbocycles. The highest BCUT2D eigenvalue weighted by molar-refractivity contribution is 5.86. The average molecular weight is 737 g/mol. The van der Waals surface area contributed by atoms with Gasteiger partial charge in [-0.05, 0) is 72.8 Å². The standard InChI is InChI=1S/C41H52N8O5/c1-24(2)34(47-40(52)54-7)37(50)48-41(19-9-20-41)39-43-23-32(46-39)30-17-13-28(14-18-30)27-11-15-29(16-12-27)31-22-42-36(45-31)33-10-8-21-49(33)38(51)35(25(3)4)44-26(5)53-6/h11-18,22-25,33-35,44H,5,8-10,19-21H2,1-4,6-7H3,(H,42,45)(H,43,46)(H,47,52)(H,48,50)/t33-,34-,35-/m0/s1. The molecule has 3 amide bonds. The van der Waals surface area contributed by atoms with Crippen LogP contribution in [0.4, 0.5) is 4.79 Å². The number of nitrogens with zero attached hydrogens (tertiary/aromatic N) is 3. The van der Waals surface area contributed by atoms with E-state index in [-0.39, 0.29) is 29.7 Å². The quantitative estimate of drug-likeness (QED) is 0.0928. The van der Waals surface area contributed by atoms with Crippen molar-refractivity contribution >= 4 is 17.9 Å². The number of hydrogen-bond acceptors (Lipinski definition) is 8. The van der Waals surface area contributed by atoms with Gasteiger partial charge in [0, 0.05) is 6.54 Å². The molecule has 0 spiro atoms. The topological polar surface area (TPSA) is 166 Å². The first-order valence-electron chi connectivity index (χ1n) is 18.7. The van der Waals surface area contributed by atoms with Gasteiger partial charge in [-0.1, -0.05) is 76.2 Å². The van der Waals surface area contributed by atoms with Crippen LogP contribution in [0.25, 0.3) is 33.6 Å². The lowest BCUT2D eigenvalue weighted by molar-refractivity contribution is -0.135. The fourth-order valence-corrected chi connectivity index (χ4v) is 7.27. The molecule has 0 radical (unpaired) electrons. The fourth-order valence-electron chi connectivity index (χ4n) is 7.27. The normalized spacial score (nSPS) is 17.4. The maximum absolute atomic E-state index is 13.6. The van der Waals surface area contributed by atoms with Crippen LogP contribution in [0.2, 0.25) is 0 Å². The SMILES string of the molecule is C=C(N[C@H](C(=O)N1CCC[C@H]1c1ncc(-c2ccc(-c3ccc(-c4cnc(C5(NC(=O)[C@@H](NC(=O)OC)C(C)C)CCC5)[nH]4)cc3)cc2)[nH]1)C(C)C)OC. The van der Waals surface area contributed by atoms with E-state index in [9.17, 15) is 14.4 Å². The van der Waals surface area contributed by atoms with E-state index in [1.165, 1.54) is 14.2 Å². The van der Waals surface area contributed by atoms with E-state index in [0.29, 0.717) is 18.3 Å². The molecule has 2 aliphatic rings. The van der Waals surface area contributed by atoms with Crippen molar-refractivity contribution < 1.29 is 23.9 Å². The van der Waals surface area contributed by atoms with Crippen LogP contribution in [-0.2, 0) is 24.6 Å². The number of ether oxygens (including phenoxy) is 2. The van der Waals surface area contributed by atoms with Crippen LogP contribution in [0.15, 0.2) is 73.4 Å². The monoisotopic (exact) mass is 736 g/mol. The fraction of sp³-hybridized carbons (Fsp3) is 0.439. The summed E-state index contributed by atoms with van der Waals surface area (Å²) in [6.45, 7) is 12.3. The van der Waals surface area contributed by atoms with E-state index in [1.54, 1.807) is 6.20 Å². The third-order valence-electron chi connectivity index (χ3n) is 10.7. The molecule has 2 fully saturated rings. The van der Waals surface area contributed by atoms with Gasteiger partial charge in [-0.25, -0.2) is 14.8 Å². The number of nitrogens with one attached hydrogen (secondary N) is 5. The summed E-state index contributed by atoms with van der Waals surface area (Å²) in [6, 6.07) is 15.3. The predicted octanol–water partition coefficient (Wildman–Crippen LogP) is 6.41. The van der Waals surface area contributed by atoms with Crippen molar-refractivity contribution in [1.29, 1.82) is 0 Å². The lowest BCUT2D eigenvalue weighted by Crippen LogP contribution is -2.58. The number of carbonyl (C=O) groups excluding carboxylic acids is 3. The Labute approximate surface area is 316 Å². The Morgan fingerprint density at radius 3 is 1.91 bits per heavy atom.